The molecule has 2 aromatic rings. The fourth-order valence-corrected chi connectivity index (χ4v) is 2.50. The molecule has 0 amide bonds. The van der Waals surface area contributed by atoms with Crippen molar-refractivity contribution in [3.63, 3.8) is 0 Å². The summed E-state index contributed by atoms with van der Waals surface area (Å²) in [6.45, 7) is 2.81. The van der Waals surface area contributed by atoms with Gasteiger partial charge in [0.05, 0.1) is 13.2 Å². The Morgan fingerprint density at radius 1 is 0.826 bits per heavy atom. The molecule has 23 heavy (non-hydrogen) atoms. The minimum absolute atomic E-state index is 0.248. The molecular weight excluding hydrogens is 296 g/mol. The second kappa shape index (κ2) is 5.15. The minimum atomic E-state index is 0.248. The maximum Gasteiger partial charge on any atom is 0.212 e. The molecule has 2 atom stereocenters. The average molecular weight is 312 g/mol. The predicted molar refractivity (Wildman–Crippen MR) is 82.4 cm³/mol. The first kappa shape index (κ1) is 13.2. The van der Waals surface area contributed by atoms with E-state index in [-0.39, 0.29) is 12.2 Å². The maximum absolute atomic E-state index is 5.70. The zero-order chi connectivity index (χ0) is 15.2. The molecule has 118 valence electrons. The number of ether oxygens (including phenoxy) is 5. The Labute approximate surface area is 133 Å². The highest BCUT2D eigenvalue weighted by molar-refractivity contribution is 5.82. The Kier molecular flexibility index (Phi) is 2.96. The molecular formula is C18H16O5. The third-order valence-electron chi connectivity index (χ3n) is 4.07. The smallest absolute Gasteiger partial charge is 0.212 e. The summed E-state index contributed by atoms with van der Waals surface area (Å²) in [4.78, 5) is 0. The van der Waals surface area contributed by atoms with Crippen molar-refractivity contribution in [2.45, 2.75) is 12.2 Å². The van der Waals surface area contributed by atoms with Gasteiger partial charge >= 0.3 is 0 Å². The highest BCUT2D eigenvalue weighted by Gasteiger charge is 2.32. The van der Waals surface area contributed by atoms with Crippen LogP contribution in [0.3, 0.4) is 0 Å². The predicted octanol–water partition coefficient (Wildman–Crippen LogP) is 3.01. The van der Waals surface area contributed by atoms with Crippen LogP contribution < -0.4 is 14.2 Å². The van der Waals surface area contributed by atoms with Gasteiger partial charge < -0.3 is 23.7 Å². The van der Waals surface area contributed by atoms with Crippen LogP contribution in [-0.2, 0) is 9.47 Å². The number of rotatable bonds is 7. The molecule has 0 aliphatic carbocycles. The third-order valence-corrected chi connectivity index (χ3v) is 4.07. The van der Waals surface area contributed by atoms with Crippen LogP contribution in [0.4, 0.5) is 0 Å². The molecule has 2 aromatic carbocycles. The molecule has 2 fully saturated rings. The lowest BCUT2D eigenvalue weighted by molar-refractivity contribution is 0.261. The van der Waals surface area contributed by atoms with E-state index in [1.807, 2.05) is 36.4 Å². The molecule has 0 saturated carbocycles. The molecule has 2 unspecified atom stereocenters. The largest absolute Gasteiger partial charge is 0.491 e. The summed E-state index contributed by atoms with van der Waals surface area (Å²) in [5, 5.41) is 0. The molecule has 0 radical (unpaired) electrons. The zero-order valence-electron chi connectivity index (χ0n) is 12.5. The Morgan fingerprint density at radius 2 is 1.52 bits per heavy atom. The van der Waals surface area contributed by atoms with Crippen molar-refractivity contribution < 1.29 is 23.7 Å². The van der Waals surface area contributed by atoms with Gasteiger partial charge in [0.2, 0.25) is 5.75 Å². The van der Waals surface area contributed by atoms with E-state index in [1.54, 1.807) is 0 Å². The molecule has 0 bridgehead atoms. The molecule has 5 rings (SSSR count). The minimum Gasteiger partial charge on any atom is -0.491 e. The molecule has 0 N–H and O–H groups in total. The zero-order valence-corrected chi connectivity index (χ0v) is 12.5. The van der Waals surface area contributed by atoms with E-state index < -0.39 is 0 Å². The lowest BCUT2D eigenvalue weighted by Crippen LogP contribution is -2.03. The van der Waals surface area contributed by atoms with E-state index in [4.69, 9.17) is 23.7 Å². The van der Waals surface area contributed by atoms with Gasteiger partial charge in [0.1, 0.15) is 31.2 Å². The van der Waals surface area contributed by atoms with Crippen molar-refractivity contribution in [2.75, 3.05) is 26.4 Å². The van der Waals surface area contributed by atoms with Crippen molar-refractivity contribution in [1.29, 1.82) is 0 Å². The fraction of sp³-hybridized carbons (Fsp3) is 0.333. The van der Waals surface area contributed by atoms with Crippen LogP contribution in [0.5, 0.6) is 23.0 Å². The molecule has 3 heterocycles. The lowest BCUT2D eigenvalue weighted by Gasteiger charge is -2.06. The Bertz CT molecular complexity index is 732. The molecule has 0 spiro atoms. The quantitative estimate of drug-likeness (QED) is 0.628. The Balaban J connectivity index is 1.29. The first-order valence-corrected chi connectivity index (χ1v) is 7.81. The summed E-state index contributed by atoms with van der Waals surface area (Å²) in [6, 6.07) is 12.0. The molecule has 2 saturated heterocycles. The maximum atomic E-state index is 5.70. The van der Waals surface area contributed by atoms with Crippen molar-refractivity contribution in [1.82, 2.24) is 0 Å². The van der Waals surface area contributed by atoms with Gasteiger partial charge in [-0.05, 0) is 29.8 Å². The Hall–Kier alpha value is -2.24. The van der Waals surface area contributed by atoms with Crippen molar-refractivity contribution in [3.05, 3.63) is 36.4 Å². The van der Waals surface area contributed by atoms with Crippen LogP contribution in [0.25, 0.3) is 11.1 Å². The van der Waals surface area contributed by atoms with Crippen LogP contribution >= 0.6 is 0 Å². The number of benzene rings is 2. The van der Waals surface area contributed by atoms with E-state index >= 15 is 0 Å². The summed E-state index contributed by atoms with van der Waals surface area (Å²) in [7, 11) is 0. The van der Waals surface area contributed by atoms with E-state index in [2.05, 4.69) is 0 Å². The van der Waals surface area contributed by atoms with Crippen molar-refractivity contribution in [2.24, 2.45) is 0 Å². The second-order valence-corrected chi connectivity index (χ2v) is 5.93. The standard InChI is InChI=1S/C18H16O5/c1-3-12(19-7-13-8-20-13)4-2-11(1)15-5-6-16(18-17(15)23-18)22-10-14-9-21-14/h1-6,13-14H,7-10H2. The van der Waals surface area contributed by atoms with E-state index in [1.165, 1.54) is 0 Å². The SMILES string of the molecule is c1cc(-c2ccc(OCC3CO3)c3c2O3)ccc1OCC1CO1. The van der Waals surface area contributed by atoms with Gasteiger partial charge in [-0.3, -0.25) is 0 Å². The van der Waals surface area contributed by atoms with Crippen LogP contribution in [0, 0.1) is 0 Å². The number of hydrogen-bond donors (Lipinski definition) is 0. The van der Waals surface area contributed by atoms with Crippen LogP contribution in [0.2, 0.25) is 0 Å². The first-order chi connectivity index (χ1) is 11.4. The van der Waals surface area contributed by atoms with Gasteiger partial charge in [-0.25, -0.2) is 0 Å². The van der Waals surface area contributed by atoms with Crippen LogP contribution in [0.15, 0.2) is 36.4 Å². The highest BCUT2D eigenvalue weighted by Crippen LogP contribution is 2.58. The number of fused-ring (bicyclic) bond motifs is 1. The third kappa shape index (κ3) is 2.85. The molecule has 0 aromatic heterocycles. The molecule has 5 nitrogen and oxygen atoms in total. The second-order valence-electron chi connectivity index (χ2n) is 5.93. The number of epoxide rings is 2. The van der Waals surface area contributed by atoms with Crippen LogP contribution in [-0.4, -0.2) is 38.6 Å². The van der Waals surface area contributed by atoms with E-state index in [0.717, 1.165) is 47.3 Å². The van der Waals surface area contributed by atoms with Gasteiger partial charge in [-0.2, -0.15) is 0 Å². The average Bonchev–Trinajstić information content (AvgIpc) is 3.46. The molecule has 3 aliphatic rings. The van der Waals surface area contributed by atoms with E-state index in [0.29, 0.717) is 13.2 Å². The van der Waals surface area contributed by atoms with Gasteiger partial charge in [-0.1, -0.05) is 12.1 Å². The number of hydrogen-bond acceptors (Lipinski definition) is 5. The summed E-state index contributed by atoms with van der Waals surface area (Å²) in [5.74, 6) is 3.40. The first-order valence-electron chi connectivity index (χ1n) is 7.81. The monoisotopic (exact) mass is 312 g/mol. The Morgan fingerprint density at radius 3 is 2.22 bits per heavy atom. The summed E-state index contributed by atoms with van der Waals surface area (Å²) < 4.78 is 27.2. The van der Waals surface area contributed by atoms with Crippen molar-refractivity contribution >= 4 is 0 Å². The van der Waals surface area contributed by atoms with Gasteiger partial charge in [-0.15, -0.1) is 0 Å². The molecule has 5 heteroatoms. The molecule has 3 aliphatic heterocycles. The lowest BCUT2D eigenvalue weighted by atomic mass is 10.1. The van der Waals surface area contributed by atoms with Crippen molar-refractivity contribution in [3.8, 4) is 34.1 Å². The van der Waals surface area contributed by atoms with Gasteiger partial charge in [0, 0.05) is 5.56 Å². The highest BCUT2D eigenvalue weighted by atomic mass is 16.6. The summed E-state index contributed by atoms with van der Waals surface area (Å²) >= 11 is 0. The van der Waals surface area contributed by atoms with Crippen LogP contribution in [0.1, 0.15) is 0 Å². The normalized spacial score (nSPS) is 22.8. The van der Waals surface area contributed by atoms with Gasteiger partial charge in [0.25, 0.3) is 0 Å². The van der Waals surface area contributed by atoms with Gasteiger partial charge in [0.15, 0.2) is 11.5 Å². The summed E-state index contributed by atoms with van der Waals surface area (Å²) in [5.41, 5.74) is 2.18. The fourth-order valence-electron chi connectivity index (χ4n) is 2.50. The van der Waals surface area contributed by atoms with E-state index in [9.17, 15) is 0 Å². The summed E-state index contributed by atoms with van der Waals surface area (Å²) in [6.07, 6.45) is 0.519. The topological polar surface area (TPSA) is 56.0 Å².